The molecule has 0 amide bonds. The van der Waals surface area contributed by atoms with Gasteiger partial charge >= 0.3 is 0 Å². The first-order valence-electron chi connectivity index (χ1n) is 5.28. The highest BCUT2D eigenvalue weighted by atomic mass is 19.1. The molecule has 0 saturated carbocycles. The molecule has 16 heavy (non-hydrogen) atoms. The van der Waals surface area contributed by atoms with Gasteiger partial charge < -0.3 is 9.84 Å². The molecule has 0 heterocycles. The van der Waals surface area contributed by atoms with Crippen LogP contribution in [0.4, 0.5) is 8.78 Å². The fraction of sp³-hybridized carbons (Fsp3) is 0.500. The van der Waals surface area contributed by atoms with Crippen molar-refractivity contribution in [2.75, 3.05) is 6.61 Å². The monoisotopic (exact) mass is 230 g/mol. The van der Waals surface area contributed by atoms with Crippen LogP contribution in [0.5, 0.6) is 0 Å². The molecular weight excluding hydrogens is 214 g/mol. The summed E-state index contributed by atoms with van der Waals surface area (Å²) in [6.07, 6.45) is -1.04. The van der Waals surface area contributed by atoms with E-state index in [2.05, 4.69) is 0 Å². The molecule has 0 aliphatic carbocycles. The maximum absolute atomic E-state index is 13.3. The maximum atomic E-state index is 13.3. The van der Waals surface area contributed by atoms with Gasteiger partial charge in [0.15, 0.2) is 0 Å². The minimum atomic E-state index is -0.792. The van der Waals surface area contributed by atoms with Crippen molar-refractivity contribution in [1.82, 2.24) is 0 Å². The van der Waals surface area contributed by atoms with Crippen LogP contribution >= 0.6 is 0 Å². The second kappa shape index (κ2) is 5.92. The molecule has 1 N–H and O–H groups in total. The van der Waals surface area contributed by atoms with Crippen molar-refractivity contribution in [2.24, 2.45) is 0 Å². The minimum absolute atomic E-state index is 0.118. The van der Waals surface area contributed by atoms with Crippen molar-refractivity contribution < 1.29 is 18.6 Å². The minimum Gasteiger partial charge on any atom is -0.390 e. The molecular formula is C12H16F2O2. The standard InChI is InChI=1S/C12H16F2O2/c1-3-16-8(2)12(15)6-9-4-5-10(13)7-11(9)14/h4-5,7-8,12,15H,3,6H2,1-2H3. The van der Waals surface area contributed by atoms with E-state index in [1.165, 1.54) is 12.1 Å². The zero-order chi connectivity index (χ0) is 12.1. The van der Waals surface area contributed by atoms with E-state index in [1.807, 2.05) is 6.92 Å². The predicted octanol–water partition coefficient (Wildman–Crippen LogP) is 2.29. The molecule has 2 unspecified atom stereocenters. The second-order valence-electron chi connectivity index (χ2n) is 3.67. The lowest BCUT2D eigenvalue weighted by atomic mass is 10.0. The Kier molecular flexibility index (Phi) is 4.83. The van der Waals surface area contributed by atoms with Crippen LogP contribution in [0.1, 0.15) is 19.4 Å². The summed E-state index contributed by atoms with van der Waals surface area (Å²) in [6.45, 7) is 4.03. The van der Waals surface area contributed by atoms with Crippen LogP contribution in [0.15, 0.2) is 18.2 Å². The molecule has 1 rings (SSSR count). The average molecular weight is 230 g/mol. The van der Waals surface area contributed by atoms with Crippen LogP contribution in [0.2, 0.25) is 0 Å². The quantitative estimate of drug-likeness (QED) is 0.841. The molecule has 2 atom stereocenters. The van der Waals surface area contributed by atoms with Crippen LogP contribution in [0.3, 0.4) is 0 Å². The Morgan fingerprint density at radius 2 is 2.06 bits per heavy atom. The third-order valence-corrected chi connectivity index (χ3v) is 2.42. The molecule has 0 radical (unpaired) electrons. The first-order chi connectivity index (χ1) is 7.54. The largest absolute Gasteiger partial charge is 0.390 e. The molecule has 0 fully saturated rings. The van der Waals surface area contributed by atoms with Gasteiger partial charge in [-0.05, 0) is 25.5 Å². The van der Waals surface area contributed by atoms with E-state index in [0.29, 0.717) is 12.2 Å². The van der Waals surface area contributed by atoms with E-state index in [1.54, 1.807) is 6.92 Å². The lowest BCUT2D eigenvalue weighted by molar-refractivity contribution is -0.0211. The predicted molar refractivity (Wildman–Crippen MR) is 57.2 cm³/mol. The van der Waals surface area contributed by atoms with Gasteiger partial charge in [0.1, 0.15) is 11.6 Å². The van der Waals surface area contributed by atoms with Crippen LogP contribution in [0.25, 0.3) is 0 Å². The average Bonchev–Trinajstić information content (AvgIpc) is 2.22. The summed E-state index contributed by atoms with van der Waals surface area (Å²) in [7, 11) is 0. The number of aliphatic hydroxyl groups excluding tert-OH is 1. The molecule has 0 saturated heterocycles. The van der Waals surface area contributed by atoms with E-state index in [-0.39, 0.29) is 12.5 Å². The maximum Gasteiger partial charge on any atom is 0.129 e. The van der Waals surface area contributed by atoms with Gasteiger partial charge in [0.25, 0.3) is 0 Å². The van der Waals surface area contributed by atoms with Crippen LogP contribution in [0, 0.1) is 11.6 Å². The molecule has 0 aliphatic rings. The van der Waals surface area contributed by atoms with E-state index < -0.39 is 17.7 Å². The summed E-state index contributed by atoms with van der Waals surface area (Å²) < 4.78 is 31.1. The third kappa shape index (κ3) is 3.54. The number of hydrogen-bond donors (Lipinski definition) is 1. The Balaban J connectivity index is 2.65. The number of hydrogen-bond acceptors (Lipinski definition) is 2. The van der Waals surface area contributed by atoms with Crippen molar-refractivity contribution in [3.63, 3.8) is 0 Å². The molecule has 4 heteroatoms. The molecule has 0 spiro atoms. The fourth-order valence-corrected chi connectivity index (χ4v) is 1.45. The van der Waals surface area contributed by atoms with E-state index in [4.69, 9.17) is 4.74 Å². The Hall–Kier alpha value is -1.00. The second-order valence-corrected chi connectivity index (χ2v) is 3.67. The SMILES string of the molecule is CCOC(C)C(O)Cc1ccc(F)cc1F. The molecule has 90 valence electrons. The Morgan fingerprint density at radius 3 is 2.62 bits per heavy atom. The van der Waals surface area contributed by atoms with Crippen molar-refractivity contribution >= 4 is 0 Å². The Bertz CT molecular complexity index is 342. The smallest absolute Gasteiger partial charge is 0.129 e. The Labute approximate surface area is 93.9 Å². The van der Waals surface area contributed by atoms with Gasteiger partial charge in [-0.2, -0.15) is 0 Å². The summed E-state index contributed by atoms with van der Waals surface area (Å²) >= 11 is 0. The van der Waals surface area contributed by atoms with Crippen LogP contribution < -0.4 is 0 Å². The van der Waals surface area contributed by atoms with Gasteiger partial charge in [-0.15, -0.1) is 0 Å². The number of benzene rings is 1. The number of rotatable bonds is 5. The molecule has 0 bridgehead atoms. The van der Waals surface area contributed by atoms with Crippen molar-refractivity contribution in [2.45, 2.75) is 32.5 Å². The van der Waals surface area contributed by atoms with E-state index in [0.717, 1.165) is 6.07 Å². The Morgan fingerprint density at radius 1 is 1.38 bits per heavy atom. The van der Waals surface area contributed by atoms with Crippen LogP contribution in [-0.2, 0) is 11.2 Å². The van der Waals surface area contributed by atoms with Crippen molar-refractivity contribution in [3.05, 3.63) is 35.4 Å². The molecule has 0 aliphatic heterocycles. The normalized spacial score (nSPS) is 14.8. The van der Waals surface area contributed by atoms with Gasteiger partial charge in [0, 0.05) is 19.1 Å². The number of halogens is 2. The van der Waals surface area contributed by atoms with Crippen molar-refractivity contribution in [3.8, 4) is 0 Å². The lowest BCUT2D eigenvalue weighted by Crippen LogP contribution is -2.28. The zero-order valence-corrected chi connectivity index (χ0v) is 9.41. The van der Waals surface area contributed by atoms with Gasteiger partial charge in [-0.25, -0.2) is 8.78 Å². The zero-order valence-electron chi connectivity index (χ0n) is 9.41. The van der Waals surface area contributed by atoms with E-state index in [9.17, 15) is 13.9 Å². The topological polar surface area (TPSA) is 29.5 Å². The van der Waals surface area contributed by atoms with E-state index >= 15 is 0 Å². The van der Waals surface area contributed by atoms with Gasteiger partial charge in [0.2, 0.25) is 0 Å². The first kappa shape index (κ1) is 13.1. The highest BCUT2D eigenvalue weighted by molar-refractivity contribution is 5.19. The molecule has 1 aromatic carbocycles. The summed E-state index contributed by atoms with van der Waals surface area (Å²) in [5, 5.41) is 9.71. The van der Waals surface area contributed by atoms with Crippen molar-refractivity contribution in [1.29, 1.82) is 0 Å². The van der Waals surface area contributed by atoms with Gasteiger partial charge in [-0.1, -0.05) is 6.07 Å². The molecule has 2 nitrogen and oxygen atoms in total. The lowest BCUT2D eigenvalue weighted by Gasteiger charge is -2.18. The van der Waals surface area contributed by atoms with Gasteiger partial charge in [0.05, 0.1) is 12.2 Å². The van der Waals surface area contributed by atoms with Crippen LogP contribution in [-0.4, -0.2) is 23.9 Å². The highest BCUT2D eigenvalue weighted by Crippen LogP contribution is 2.13. The third-order valence-electron chi connectivity index (χ3n) is 2.42. The van der Waals surface area contributed by atoms with Gasteiger partial charge in [-0.3, -0.25) is 0 Å². The summed E-state index contributed by atoms with van der Waals surface area (Å²) in [4.78, 5) is 0. The number of aliphatic hydroxyl groups is 1. The summed E-state index contributed by atoms with van der Waals surface area (Å²) in [5.74, 6) is -1.25. The molecule has 0 aromatic heterocycles. The fourth-order valence-electron chi connectivity index (χ4n) is 1.45. The summed E-state index contributed by atoms with van der Waals surface area (Å²) in [6, 6.07) is 3.33. The summed E-state index contributed by atoms with van der Waals surface area (Å²) in [5.41, 5.74) is 0.292. The first-order valence-corrected chi connectivity index (χ1v) is 5.28. The number of ether oxygens (including phenoxy) is 1. The molecule has 1 aromatic rings. The highest BCUT2D eigenvalue weighted by Gasteiger charge is 2.16.